The summed E-state index contributed by atoms with van der Waals surface area (Å²) in [5, 5.41) is 13.1. The summed E-state index contributed by atoms with van der Waals surface area (Å²) < 4.78 is 0.745. The summed E-state index contributed by atoms with van der Waals surface area (Å²) in [6.07, 6.45) is -0.568. The van der Waals surface area contributed by atoms with Gasteiger partial charge in [0.25, 0.3) is 0 Å². The summed E-state index contributed by atoms with van der Waals surface area (Å²) in [5.41, 5.74) is 0.689. The minimum absolute atomic E-state index is 0.00694. The highest BCUT2D eigenvalue weighted by atomic mass is 79.9. The lowest BCUT2D eigenvalue weighted by atomic mass is 10.1. The average molecular weight is 273 g/mol. The molecule has 0 aliphatic carbocycles. The third kappa shape index (κ3) is 4.73. The Bertz CT molecular complexity index is 323. The van der Waals surface area contributed by atoms with Gasteiger partial charge < -0.3 is 10.4 Å². The first-order valence-electron chi connectivity index (χ1n) is 4.94. The Kier molecular flexibility index (Phi) is 4.25. The lowest BCUT2D eigenvalue weighted by Crippen LogP contribution is -2.38. The Hall–Kier alpha value is -0.450. The van der Waals surface area contributed by atoms with Crippen LogP contribution < -0.4 is 5.32 Å². The molecule has 1 heterocycles. The second-order valence-electron chi connectivity index (χ2n) is 4.53. The number of hydrogen-bond donors (Lipinski definition) is 2. The highest BCUT2D eigenvalue weighted by Gasteiger charge is 2.14. The van der Waals surface area contributed by atoms with Crippen molar-refractivity contribution in [1.29, 1.82) is 0 Å². The van der Waals surface area contributed by atoms with Crippen LogP contribution in [0.25, 0.3) is 0 Å². The predicted octanol–water partition coefficient (Wildman–Crippen LogP) is 2.27. The van der Waals surface area contributed by atoms with Gasteiger partial charge in [-0.15, -0.1) is 0 Å². The average Bonchev–Trinajstić information content (AvgIpc) is 2.13. The van der Waals surface area contributed by atoms with Crippen LogP contribution >= 0.6 is 15.9 Å². The van der Waals surface area contributed by atoms with Crippen molar-refractivity contribution in [3.63, 3.8) is 0 Å². The third-order valence-corrected chi connectivity index (χ3v) is 2.35. The zero-order valence-corrected chi connectivity index (χ0v) is 10.9. The van der Waals surface area contributed by atoms with Gasteiger partial charge in [-0.3, -0.25) is 0 Å². The standard InChI is InChI=1S/C11H17BrN2O/c1-11(2,3)13-7-9(15)8-5-4-6-10(12)14-8/h4-6,9,13,15H,7H2,1-3H3/t9-/m1/s1. The van der Waals surface area contributed by atoms with Crippen LogP contribution in [0.3, 0.4) is 0 Å². The Morgan fingerprint density at radius 2 is 2.13 bits per heavy atom. The molecule has 2 N–H and O–H groups in total. The molecule has 0 unspecified atom stereocenters. The molecule has 0 bridgehead atoms. The van der Waals surface area contributed by atoms with Crippen LogP contribution in [0, 0.1) is 0 Å². The highest BCUT2D eigenvalue weighted by molar-refractivity contribution is 9.10. The third-order valence-electron chi connectivity index (χ3n) is 1.90. The van der Waals surface area contributed by atoms with Crippen molar-refractivity contribution in [2.45, 2.75) is 32.4 Å². The molecule has 1 rings (SSSR count). The van der Waals surface area contributed by atoms with Gasteiger partial charge in [-0.2, -0.15) is 0 Å². The first-order valence-corrected chi connectivity index (χ1v) is 5.73. The number of nitrogens with one attached hydrogen (secondary N) is 1. The van der Waals surface area contributed by atoms with E-state index in [0.29, 0.717) is 12.2 Å². The summed E-state index contributed by atoms with van der Waals surface area (Å²) in [6, 6.07) is 5.53. The van der Waals surface area contributed by atoms with Gasteiger partial charge in [0.15, 0.2) is 0 Å². The fourth-order valence-electron chi connectivity index (χ4n) is 1.12. The minimum Gasteiger partial charge on any atom is -0.385 e. The number of pyridine rings is 1. The lowest BCUT2D eigenvalue weighted by molar-refractivity contribution is 0.159. The monoisotopic (exact) mass is 272 g/mol. The molecular formula is C11H17BrN2O. The van der Waals surface area contributed by atoms with Gasteiger partial charge in [0.05, 0.1) is 5.69 Å². The molecule has 0 saturated carbocycles. The van der Waals surface area contributed by atoms with Gasteiger partial charge >= 0.3 is 0 Å². The van der Waals surface area contributed by atoms with Gasteiger partial charge in [-0.05, 0) is 48.8 Å². The van der Waals surface area contributed by atoms with E-state index >= 15 is 0 Å². The Morgan fingerprint density at radius 1 is 1.47 bits per heavy atom. The van der Waals surface area contributed by atoms with Gasteiger partial charge in [-0.25, -0.2) is 4.98 Å². The number of β-amino-alcohol motifs (C(OH)–C–C–N with tert-alkyl or cyclic N) is 1. The first kappa shape index (κ1) is 12.6. The van der Waals surface area contributed by atoms with E-state index in [-0.39, 0.29) is 5.54 Å². The molecule has 0 spiro atoms. The van der Waals surface area contributed by atoms with E-state index < -0.39 is 6.10 Å². The molecule has 3 nitrogen and oxygen atoms in total. The zero-order valence-electron chi connectivity index (χ0n) is 9.29. The van der Waals surface area contributed by atoms with Gasteiger partial charge in [0.2, 0.25) is 0 Å². The van der Waals surface area contributed by atoms with Crippen molar-refractivity contribution in [2.24, 2.45) is 0 Å². The van der Waals surface area contributed by atoms with E-state index in [1.54, 1.807) is 0 Å². The maximum Gasteiger partial charge on any atom is 0.108 e. The molecule has 0 fully saturated rings. The summed E-state index contributed by atoms with van der Waals surface area (Å²) in [6.45, 7) is 6.70. The molecule has 1 aromatic heterocycles. The van der Waals surface area contributed by atoms with Gasteiger partial charge in [0.1, 0.15) is 10.7 Å². The maximum absolute atomic E-state index is 9.86. The van der Waals surface area contributed by atoms with E-state index in [2.05, 4.69) is 47.0 Å². The summed E-state index contributed by atoms with van der Waals surface area (Å²) in [5.74, 6) is 0. The van der Waals surface area contributed by atoms with E-state index in [0.717, 1.165) is 4.60 Å². The molecule has 4 heteroatoms. The molecule has 0 aliphatic heterocycles. The molecule has 1 atom stereocenters. The summed E-state index contributed by atoms with van der Waals surface area (Å²) in [4.78, 5) is 4.20. The van der Waals surface area contributed by atoms with Crippen LogP contribution in [0.2, 0.25) is 0 Å². The van der Waals surface area contributed by atoms with Crippen molar-refractivity contribution in [3.05, 3.63) is 28.5 Å². The molecular weight excluding hydrogens is 256 g/mol. The number of hydrogen-bond acceptors (Lipinski definition) is 3. The number of rotatable bonds is 3. The van der Waals surface area contributed by atoms with E-state index in [1.807, 2.05) is 18.2 Å². The second kappa shape index (κ2) is 5.05. The van der Waals surface area contributed by atoms with E-state index in [4.69, 9.17) is 0 Å². The van der Waals surface area contributed by atoms with Gasteiger partial charge in [-0.1, -0.05) is 6.07 Å². The van der Waals surface area contributed by atoms with Crippen LogP contribution in [0.1, 0.15) is 32.6 Å². The van der Waals surface area contributed by atoms with Crippen LogP contribution in [0.4, 0.5) is 0 Å². The fraction of sp³-hybridized carbons (Fsp3) is 0.545. The first-order chi connectivity index (χ1) is 6.88. The molecule has 0 saturated heterocycles. The Labute approximate surface area is 99.1 Å². The largest absolute Gasteiger partial charge is 0.385 e. The number of aliphatic hydroxyl groups is 1. The number of nitrogens with zero attached hydrogens (tertiary/aromatic N) is 1. The summed E-state index contributed by atoms with van der Waals surface area (Å²) >= 11 is 3.28. The second-order valence-corrected chi connectivity index (χ2v) is 5.34. The quantitative estimate of drug-likeness (QED) is 0.830. The molecule has 0 aliphatic rings. The van der Waals surface area contributed by atoms with Gasteiger partial charge in [0, 0.05) is 12.1 Å². The van der Waals surface area contributed by atoms with Crippen molar-refractivity contribution in [1.82, 2.24) is 10.3 Å². The maximum atomic E-state index is 9.86. The predicted molar refractivity (Wildman–Crippen MR) is 64.7 cm³/mol. The topological polar surface area (TPSA) is 45.1 Å². The molecule has 0 aromatic carbocycles. The minimum atomic E-state index is -0.568. The number of aliphatic hydroxyl groups excluding tert-OH is 1. The summed E-state index contributed by atoms with van der Waals surface area (Å²) in [7, 11) is 0. The van der Waals surface area contributed by atoms with Crippen molar-refractivity contribution in [3.8, 4) is 0 Å². The lowest BCUT2D eigenvalue weighted by Gasteiger charge is -2.22. The zero-order chi connectivity index (χ0) is 11.5. The van der Waals surface area contributed by atoms with Crippen molar-refractivity contribution >= 4 is 15.9 Å². The normalized spacial score (nSPS) is 13.9. The highest BCUT2D eigenvalue weighted by Crippen LogP contribution is 2.13. The molecule has 0 amide bonds. The van der Waals surface area contributed by atoms with Crippen LogP contribution in [-0.2, 0) is 0 Å². The van der Waals surface area contributed by atoms with Crippen molar-refractivity contribution in [2.75, 3.05) is 6.54 Å². The molecule has 15 heavy (non-hydrogen) atoms. The molecule has 84 valence electrons. The molecule has 0 radical (unpaired) electrons. The smallest absolute Gasteiger partial charge is 0.108 e. The Morgan fingerprint density at radius 3 is 2.67 bits per heavy atom. The fourth-order valence-corrected chi connectivity index (χ4v) is 1.47. The molecule has 1 aromatic rings. The van der Waals surface area contributed by atoms with Crippen LogP contribution in [-0.4, -0.2) is 22.2 Å². The van der Waals surface area contributed by atoms with E-state index in [1.165, 1.54) is 0 Å². The van der Waals surface area contributed by atoms with Crippen molar-refractivity contribution < 1.29 is 5.11 Å². The van der Waals surface area contributed by atoms with E-state index in [9.17, 15) is 5.11 Å². The SMILES string of the molecule is CC(C)(C)NC[C@@H](O)c1cccc(Br)n1. The number of aromatic nitrogens is 1. The number of halogens is 1. The van der Waals surface area contributed by atoms with Crippen LogP contribution in [0.5, 0.6) is 0 Å². The van der Waals surface area contributed by atoms with Crippen LogP contribution in [0.15, 0.2) is 22.8 Å². The Balaban J connectivity index is 2.58.